The van der Waals surface area contributed by atoms with E-state index >= 15 is 0 Å². The van der Waals surface area contributed by atoms with E-state index in [1.54, 1.807) is 12.1 Å². The van der Waals surface area contributed by atoms with Gasteiger partial charge in [0.05, 0.1) is 5.52 Å². The first-order chi connectivity index (χ1) is 13.7. The Labute approximate surface area is 161 Å². The minimum Gasteiger partial charge on any atom is -0.489 e. The third-order valence-electron chi connectivity index (χ3n) is 5.47. The monoisotopic (exact) mass is 379 g/mol. The topological polar surface area (TPSA) is 64.3 Å². The zero-order valence-electron chi connectivity index (χ0n) is 15.4. The molecule has 1 aliphatic heterocycles. The van der Waals surface area contributed by atoms with Gasteiger partial charge in [-0.1, -0.05) is 12.1 Å². The largest absolute Gasteiger partial charge is 0.489 e. The number of H-pyrrole nitrogens is 2. The van der Waals surface area contributed by atoms with Crippen molar-refractivity contribution in [2.24, 2.45) is 0 Å². The molecule has 2 aromatic carbocycles. The zero-order valence-corrected chi connectivity index (χ0v) is 15.4. The molecule has 1 atom stereocenters. The molecule has 0 saturated carbocycles. The number of benzene rings is 2. The average Bonchev–Trinajstić information content (AvgIpc) is 3.31. The van der Waals surface area contributed by atoms with Crippen LogP contribution < -0.4 is 4.74 Å². The zero-order chi connectivity index (χ0) is 19.1. The van der Waals surface area contributed by atoms with E-state index in [-0.39, 0.29) is 12.4 Å². The van der Waals surface area contributed by atoms with Crippen LogP contribution in [0.25, 0.3) is 21.8 Å². The minimum atomic E-state index is -0.603. The van der Waals surface area contributed by atoms with Crippen molar-refractivity contribution < 1.29 is 14.2 Å². The van der Waals surface area contributed by atoms with Gasteiger partial charge in [0.15, 0.2) is 0 Å². The predicted molar refractivity (Wildman–Crippen MR) is 107 cm³/mol. The van der Waals surface area contributed by atoms with Crippen LogP contribution >= 0.6 is 0 Å². The van der Waals surface area contributed by atoms with Crippen molar-refractivity contribution in [2.45, 2.75) is 19.1 Å². The fourth-order valence-electron chi connectivity index (χ4n) is 4.11. The molecule has 1 aliphatic rings. The molecular formula is C22H22FN3O2. The van der Waals surface area contributed by atoms with E-state index in [2.05, 4.69) is 14.9 Å². The van der Waals surface area contributed by atoms with E-state index in [0.29, 0.717) is 13.1 Å². The third-order valence-corrected chi connectivity index (χ3v) is 5.47. The average molecular weight is 379 g/mol. The van der Waals surface area contributed by atoms with Crippen LogP contribution in [0.3, 0.4) is 0 Å². The number of hydrogen-bond acceptors (Lipinski definition) is 3. The van der Waals surface area contributed by atoms with Crippen LogP contribution in [-0.4, -0.2) is 45.8 Å². The van der Waals surface area contributed by atoms with Crippen molar-refractivity contribution in [1.82, 2.24) is 14.9 Å². The summed E-state index contributed by atoms with van der Waals surface area (Å²) < 4.78 is 19.5. The summed E-state index contributed by atoms with van der Waals surface area (Å²) in [5, 5.41) is 12.5. The molecule has 3 N–H and O–H groups in total. The Morgan fingerprint density at radius 3 is 3.07 bits per heavy atom. The lowest BCUT2D eigenvalue weighted by atomic mass is 10.0. The minimum absolute atomic E-state index is 0.224. The number of para-hydroxylation sites is 1. The first-order valence-corrected chi connectivity index (χ1v) is 9.56. The van der Waals surface area contributed by atoms with Crippen molar-refractivity contribution >= 4 is 21.8 Å². The lowest BCUT2D eigenvalue weighted by Crippen LogP contribution is -2.38. The number of nitrogens with zero attached hydrogens (tertiary/aromatic N) is 1. The maximum atomic E-state index is 13.7. The maximum absolute atomic E-state index is 13.7. The third kappa shape index (κ3) is 3.15. The van der Waals surface area contributed by atoms with E-state index in [4.69, 9.17) is 4.74 Å². The summed E-state index contributed by atoms with van der Waals surface area (Å²) in [6.07, 6.45) is 2.14. The van der Waals surface area contributed by atoms with Crippen molar-refractivity contribution in [3.63, 3.8) is 0 Å². The molecule has 2 aromatic heterocycles. The molecule has 1 unspecified atom stereocenters. The second-order valence-electron chi connectivity index (χ2n) is 7.42. The molecule has 6 heteroatoms. The molecule has 0 spiro atoms. The Balaban J connectivity index is 1.25. The van der Waals surface area contributed by atoms with Crippen LogP contribution in [0, 0.1) is 5.82 Å². The number of halogens is 1. The normalized spacial score (nSPS) is 15.8. The van der Waals surface area contributed by atoms with Gasteiger partial charge in [0.1, 0.15) is 24.3 Å². The Hall–Kier alpha value is -2.83. The molecule has 0 radical (unpaired) electrons. The Morgan fingerprint density at radius 2 is 2.14 bits per heavy atom. The highest BCUT2D eigenvalue weighted by atomic mass is 19.1. The number of β-amino-alcohol motifs (C(OH)–C–C–N with tert-alkyl or cyclic N) is 1. The van der Waals surface area contributed by atoms with Crippen LogP contribution in [-0.2, 0) is 13.0 Å². The predicted octanol–water partition coefficient (Wildman–Crippen LogP) is 3.59. The molecule has 5 nitrogen and oxygen atoms in total. The Bertz CT molecular complexity index is 1130. The standard InChI is InChI=1S/C22H22FN3O2/c23-15-4-5-19-17(10-15)18-12-26(9-7-20(18)25-19)11-16(27)13-28-21-3-1-2-14-6-8-24-22(14)21/h1-6,8,10,16,24-25,27H,7,9,11-13H2. The number of aromatic nitrogens is 2. The van der Waals surface area contributed by atoms with Crippen molar-refractivity contribution in [2.75, 3.05) is 19.7 Å². The highest BCUT2D eigenvalue weighted by molar-refractivity contribution is 5.85. The fourth-order valence-corrected chi connectivity index (χ4v) is 4.11. The van der Waals surface area contributed by atoms with E-state index in [9.17, 15) is 9.50 Å². The summed E-state index contributed by atoms with van der Waals surface area (Å²) in [7, 11) is 0. The molecule has 0 aliphatic carbocycles. The Kier molecular flexibility index (Phi) is 4.30. The van der Waals surface area contributed by atoms with Gasteiger partial charge < -0.3 is 19.8 Å². The van der Waals surface area contributed by atoms with Crippen molar-refractivity contribution in [3.8, 4) is 5.75 Å². The highest BCUT2D eigenvalue weighted by Gasteiger charge is 2.23. The SMILES string of the molecule is OC(COc1cccc2cc[nH]c12)CN1CCc2[nH]c3ccc(F)cc3c2C1. The van der Waals surface area contributed by atoms with Crippen LogP contribution in [0.4, 0.5) is 4.39 Å². The van der Waals surface area contributed by atoms with Crippen LogP contribution in [0.2, 0.25) is 0 Å². The maximum Gasteiger partial charge on any atom is 0.143 e. The van der Waals surface area contributed by atoms with Gasteiger partial charge in [-0.05, 0) is 35.9 Å². The van der Waals surface area contributed by atoms with Crippen molar-refractivity contribution in [3.05, 3.63) is 65.7 Å². The first-order valence-electron chi connectivity index (χ1n) is 9.56. The van der Waals surface area contributed by atoms with E-state index in [1.807, 2.05) is 30.5 Å². The van der Waals surface area contributed by atoms with Gasteiger partial charge >= 0.3 is 0 Å². The van der Waals surface area contributed by atoms with Crippen LogP contribution in [0.1, 0.15) is 11.3 Å². The molecular weight excluding hydrogens is 357 g/mol. The molecule has 5 rings (SSSR count). The first kappa shape index (κ1) is 17.3. The van der Waals surface area contributed by atoms with Gasteiger partial charge in [0.2, 0.25) is 0 Å². The summed E-state index contributed by atoms with van der Waals surface area (Å²) in [4.78, 5) is 8.76. The van der Waals surface area contributed by atoms with Crippen LogP contribution in [0.5, 0.6) is 5.75 Å². The lowest BCUT2D eigenvalue weighted by Gasteiger charge is -2.29. The van der Waals surface area contributed by atoms with Gasteiger partial charge in [-0.25, -0.2) is 4.39 Å². The summed E-state index contributed by atoms with van der Waals surface area (Å²) in [6.45, 7) is 2.29. The number of aliphatic hydroxyl groups is 1. The van der Waals surface area contributed by atoms with E-state index in [1.165, 1.54) is 11.8 Å². The number of fused-ring (bicyclic) bond motifs is 4. The summed E-state index contributed by atoms with van der Waals surface area (Å²) in [5.74, 6) is 0.521. The van der Waals surface area contributed by atoms with Crippen LogP contribution in [0.15, 0.2) is 48.7 Å². The smallest absolute Gasteiger partial charge is 0.143 e. The summed E-state index contributed by atoms with van der Waals surface area (Å²) >= 11 is 0. The highest BCUT2D eigenvalue weighted by Crippen LogP contribution is 2.28. The molecule has 0 bridgehead atoms. The van der Waals surface area contributed by atoms with Gasteiger partial charge in [-0.15, -0.1) is 0 Å². The molecule has 0 amide bonds. The molecule has 144 valence electrons. The quantitative estimate of drug-likeness (QED) is 0.497. The number of hydrogen-bond donors (Lipinski definition) is 3. The second-order valence-corrected chi connectivity index (χ2v) is 7.42. The second kappa shape index (κ2) is 6.96. The molecule has 4 aromatic rings. The molecule has 28 heavy (non-hydrogen) atoms. The molecule has 0 fully saturated rings. The number of nitrogens with one attached hydrogen (secondary N) is 2. The number of aromatic amines is 2. The number of rotatable bonds is 5. The molecule has 3 heterocycles. The van der Waals surface area contributed by atoms with Gasteiger partial charge in [0, 0.05) is 54.2 Å². The van der Waals surface area contributed by atoms with E-state index in [0.717, 1.165) is 46.1 Å². The van der Waals surface area contributed by atoms with Crippen molar-refractivity contribution in [1.29, 1.82) is 0 Å². The summed E-state index contributed by atoms with van der Waals surface area (Å²) in [6, 6.07) is 12.7. The van der Waals surface area contributed by atoms with Gasteiger partial charge in [-0.3, -0.25) is 4.90 Å². The lowest BCUT2D eigenvalue weighted by molar-refractivity contribution is 0.0643. The van der Waals surface area contributed by atoms with E-state index < -0.39 is 6.10 Å². The van der Waals surface area contributed by atoms with Gasteiger partial charge in [-0.2, -0.15) is 0 Å². The fraction of sp³-hybridized carbons (Fsp3) is 0.273. The summed E-state index contributed by atoms with van der Waals surface area (Å²) in [5.41, 5.74) is 4.21. The molecule has 0 saturated heterocycles. The van der Waals surface area contributed by atoms with Gasteiger partial charge in [0.25, 0.3) is 0 Å². The Morgan fingerprint density at radius 1 is 1.21 bits per heavy atom. The number of aliphatic hydroxyl groups excluding tert-OH is 1. The number of ether oxygens (including phenoxy) is 1.